The highest BCUT2D eigenvalue weighted by atomic mass is 32.2. The third-order valence-electron chi connectivity index (χ3n) is 4.12. The summed E-state index contributed by atoms with van der Waals surface area (Å²) < 4.78 is 37.4. The van der Waals surface area contributed by atoms with Crippen LogP contribution in [0.5, 0.6) is 5.75 Å². The van der Waals surface area contributed by atoms with Crippen LogP contribution in [-0.2, 0) is 19.6 Å². The molecule has 3 unspecified atom stereocenters. The van der Waals surface area contributed by atoms with E-state index in [1.54, 1.807) is 31.2 Å². The Morgan fingerprint density at radius 2 is 2.00 bits per heavy atom. The number of sulfonamides is 1. The molecule has 1 heterocycles. The summed E-state index contributed by atoms with van der Waals surface area (Å²) in [5.74, 6) is -0.326. The van der Waals surface area contributed by atoms with E-state index in [2.05, 4.69) is 5.32 Å². The number of carbonyl (C=O) groups excluding carboxylic acids is 1. The van der Waals surface area contributed by atoms with Gasteiger partial charge in [-0.2, -0.15) is 9.57 Å². The molecular weight excluding hydrogens is 370 g/mol. The maximum Gasteiger partial charge on any atom is 0.260 e. The van der Waals surface area contributed by atoms with Gasteiger partial charge in [-0.3, -0.25) is 4.79 Å². The summed E-state index contributed by atoms with van der Waals surface area (Å²) in [6.45, 7) is 5.81. The molecule has 1 aromatic rings. The number of amides is 1. The van der Waals surface area contributed by atoms with E-state index in [9.17, 15) is 13.2 Å². The molecule has 0 bridgehead atoms. The molecule has 1 aliphatic heterocycles. The fourth-order valence-corrected chi connectivity index (χ4v) is 4.33. The number of para-hydroxylation sites is 1. The molecule has 0 aliphatic carbocycles. The molecule has 1 aliphatic rings. The highest BCUT2D eigenvalue weighted by Crippen LogP contribution is 2.18. The topological polar surface area (TPSA) is 109 Å². The molecule has 1 aromatic carbocycles. The zero-order chi connectivity index (χ0) is 20.0. The van der Waals surface area contributed by atoms with Gasteiger partial charge in [0, 0.05) is 19.6 Å². The number of nitriles is 1. The fraction of sp³-hybridized carbons (Fsp3) is 0.556. The first kappa shape index (κ1) is 21.2. The number of nitrogens with zero attached hydrogens (tertiary/aromatic N) is 2. The maximum atomic E-state index is 12.5. The van der Waals surface area contributed by atoms with Gasteiger partial charge in [-0.15, -0.1) is 0 Å². The van der Waals surface area contributed by atoms with Crippen molar-refractivity contribution in [2.45, 2.75) is 39.1 Å². The lowest BCUT2D eigenvalue weighted by molar-refractivity contribution is -0.127. The van der Waals surface area contributed by atoms with Gasteiger partial charge in [0.2, 0.25) is 10.0 Å². The monoisotopic (exact) mass is 395 g/mol. The first-order valence-corrected chi connectivity index (χ1v) is 10.4. The molecule has 27 heavy (non-hydrogen) atoms. The molecular formula is C18H25N3O5S. The fourth-order valence-electron chi connectivity index (χ4n) is 2.84. The van der Waals surface area contributed by atoms with Crippen molar-refractivity contribution >= 4 is 15.9 Å². The van der Waals surface area contributed by atoms with E-state index in [4.69, 9.17) is 14.7 Å². The molecule has 0 aromatic heterocycles. The summed E-state index contributed by atoms with van der Waals surface area (Å²) in [4.78, 5) is 12.2. The van der Waals surface area contributed by atoms with Crippen molar-refractivity contribution in [3.8, 4) is 11.8 Å². The first-order valence-electron chi connectivity index (χ1n) is 8.79. The summed E-state index contributed by atoms with van der Waals surface area (Å²) >= 11 is 0. The molecule has 1 fully saturated rings. The zero-order valence-electron chi connectivity index (χ0n) is 15.7. The number of hydrogen-bond donors (Lipinski definition) is 1. The summed E-state index contributed by atoms with van der Waals surface area (Å²) in [5, 5.41) is 11.6. The normalized spacial score (nSPS) is 21.9. The number of benzene rings is 1. The Hall–Kier alpha value is -2.15. The van der Waals surface area contributed by atoms with E-state index in [0.29, 0.717) is 24.4 Å². The van der Waals surface area contributed by atoms with Crippen molar-refractivity contribution in [2.75, 3.05) is 25.4 Å². The van der Waals surface area contributed by atoms with Gasteiger partial charge in [0.25, 0.3) is 5.91 Å². The molecule has 0 saturated carbocycles. The van der Waals surface area contributed by atoms with E-state index in [1.165, 1.54) is 4.31 Å². The van der Waals surface area contributed by atoms with Gasteiger partial charge in [0.15, 0.2) is 6.10 Å². The van der Waals surface area contributed by atoms with Gasteiger partial charge in [0.1, 0.15) is 11.8 Å². The van der Waals surface area contributed by atoms with E-state index in [0.717, 1.165) is 0 Å². The minimum Gasteiger partial charge on any atom is -0.480 e. The second-order valence-corrected chi connectivity index (χ2v) is 8.64. The van der Waals surface area contributed by atoms with Crippen LogP contribution in [0.2, 0.25) is 0 Å². The lowest BCUT2D eigenvalue weighted by Crippen LogP contribution is -2.50. The van der Waals surface area contributed by atoms with Gasteiger partial charge in [-0.25, -0.2) is 8.42 Å². The van der Waals surface area contributed by atoms with E-state index in [-0.39, 0.29) is 24.5 Å². The van der Waals surface area contributed by atoms with Crippen molar-refractivity contribution in [1.29, 1.82) is 5.26 Å². The van der Waals surface area contributed by atoms with Gasteiger partial charge in [0.05, 0.1) is 23.5 Å². The lowest BCUT2D eigenvalue weighted by atomic mass is 10.2. The Morgan fingerprint density at radius 1 is 1.37 bits per heavy atom. The molecule has 2 rings (SSSR count). The highest BCUT2D eigenvalue weighted by molar-refractivity contribution is 7.89. The molecule has 148 valence electrons. The molecule has 9 heteroatoms. The quantitative estimate of drug-likeness (QED) is 0.734. The predicted octanol–water partition coefficient (Wildman–Crippen LogP) is 0.881. The molecule has 0 spiro atoms. The van der Waals surface area contributed by atoms with Crippen molar-refractivity contribution in [3.63, 3.8) is 0 Å². The summed E-state index contributed by atoms with van der Waals surface area (Å²) in [6.07, 6.45) is -1.18. The Kier molecular flexibility index (Phi) is 7.18. The van der Waals surface area contributed by atoms with Crippen LogP contribution < -0.4 is 10.1 Å². The lowest BCUT2D eigenvalue weighted by Gasteiger charge is -2.34. The molecule has 1 amide bonds. The number of ether oxygens (including phenoxy) is 2. The predicted molar refractivity (Wildman–Crippen MR) is 99.6 cm³/mol. The SMILES string of the molecule is CC1CN(S(=O)(=O)CCNC(=O)C(C)Oc2ccccc2C#N)CC(C)O1. The van der Waals surface area contributed by atoms with Gasteiger partial charge >= 0.3 is 0 Å². The Morgan fingerprint density at radius 3 is 2.63 bits per heavy atom. The number of carbonyl (C=O) groups is 1. The van der Waals surface area contributed by atoms with E-state index >= 15 is 0 Å². The molecule has 1 N–H and O–H groups in total. The standard InChI is InChI=1S/C18H25N3O5S/c1-13-11-21(12-14(2)25-13)27(23,24)9-8-20-18(22)15(3)26-17-7-5-4-6-16(17)10-19/h4-7,13-15H,8-9,11-12H2,1-3H3,(H,20,22). The maximum absolute atomic E-state index is 12.5. The van der Waals surface area contributed by atoms with E-state index < -0.39 is 22.0 Å². The molecule has 8 nitrogen and oxygen atoms in total. The highest BCUT2D eigenvalue weighted by Gasteiger charge is 2.30. The van der Waals surface area contributed by atoms with Crippen molar-refractivity contribution in [3.05, 3.63) is 29.8 Å². The average Bonchev–Trinajstić information content (AvgIpc) is 2.61. The van der Waals surface area contributed by atoms with Crippen LogP contribution in [0.25, 0.3) is 0 Å². The van der Waals surface area contributed by atoms with Crippen molar-refractivity contribution in [1.82, 2.24) is 9.62 Å². The largest absolute Gasteiger partial charge is 0.480 e. The van der Waals surface area contributed by atoms with Crippen molar-refractivity contribution in [2.24, 2.45) is 0 Å². The molecule has 3 atom stereocenters. The van der Waals surface area contributed by atoms with Crippen LogP contribution in [0.3, 0.4) is 0 Å². The summed E-state index contributed by atoms with van der Waals surface area (Å²) in [6, 6.07) is 8.60. The average molecular weight is 395 g/mol. The number of nitrogens with one attached hydrogen (secondary N) is 1. The minimum absolute atomic E-state index is 0.0190. The van der Waals surface area contributed by atoms with Crippen LogP contribution >= 0.6 is 0 Å². The van der Waals surface area contributed by atoms with Crippen LogP contribution in [-0.4, -0.2) is 62.3 Å². The van der Waals surface area contributed by atoms with Crippen LogP contribution in [0.4, 0.5) is 0 Å². The number of morpholine rings is 1. The first-order chi connectivity index (χ1) is 12.7. The summed E-state index contributed by atoms with van der Waals surface area (Å²) in [7, 11) is -3.49. The molecule has 1 saturated heterocycles. The third-order valence-corrected chi connectivity index (χ3v) is 5.92. The number of hydrogen-bond acceptors (Lipinski definition) is 6. The Labute approximate surface area is 160 Å². The van der Waals surface area contributed by atoms with Crippen molar-refractivity contribution < 1.29 is 22.7 Å². The Balaban J connectivity index is 1.85. The van der Waals surface area contributed by atoms with Gasteiger partial charge in [-0.05, 0) is 32.9 Å². The second-order valence-electron chi connectivity index (χ2n) is 6.55. The minimum atomic E-state index is -3.49. The van der Waals surface area contributed by atoms with Gasteiger partial charge < -0.3 is 14.8 Å². The number of rotatable bonds is 7. The smallest absolute Gasteiger partial charge is 0.260 e. The third kappa shape index (κ3) is 5.92. The molecule has 0 radical (unpaired) electrons. The van der Waals surface area contributed by atoms with Crippen LogP contribution in [0, 0.1) is 11.3 Å². The Bertz CT molecular complexity index is 795. The zero-order valence-corrected chi connectivity index (χ0v) is 16.5. The van der Waals surface area contributed by atoms with E-state index in [1.807, 2.05) is 19.9 Å². The van der Waals surface area contributed by atoms with Crippen LogP contribution in [0.1, 0.15) is 26.3 Å². The summed E-state index contributed by atoms with van der Waals surface area (Å²) in [5.41, 5.74) is 0.329. The van der Waals surface area contributed by atoms with Gasteiger partial charge in [-0.1, -0.05) is 12.1 Å². The second kappa shape index (κ2) is 9.17. The van der Waals surface area contributed by atoms with Crippen LogP contribution in [0.15, 0.2) is 24.3 Å².